The van der Waals surface area contributed by atoms with Gasteiger partial charge in [-0.05, 0) is 24.3 Å². The molecule has 0 spiro atoms. The van der Waals surface area contributed by atoms with Gasteiger partial charge in [0, 0.05) is 6.07 Å². The number of rotatable bonds is 10. The van der Waals surface area contributed by atoms with Crippen LogP contribution >= 0.6 is 0 Å². The molecule has 0 unspecified atom stereocenters. The van der Waals surface area contributed by atoms with Gasteiger partial charge in [-0.3, -0.25) is 9.52 Å². The zero-order chi connectivity index (χ0) is 26.9. The highest BCUT2D eigenvalue weighted by Crippen LogP contribution is 2.24. The van der Waals surface area contributed by atoms with E-state index < -0.39 is 34.4 Å². The molecule has 0 aliphatic rings. The number of aliphatic carboxylic acids is 2. The quantitative estimate of drug-likeness (QED) is 0.403. The lowest BCUT2D eigenvalue weighted by Crippen LogP contribution is -2.50. The van der Waals surface area contributed by atoms with Crippen molar-refractivity contribution in [3.05, 3.63) is 54.6 Å². The Balaban J connectivity index is 0.000000762. The van der Waals surface area contributed by atoms with Crippen LogP contribution in [0.1, 0.15) is 6.42 Å². The van der Waals surface area contributed by atoms with Gasteiger partial charge >= 0.3 is 12.1 Å². The van der Waals surface area contributed by atoms with Crippen molar-refractivity contribution < 1.29 is 50.6 Å². The molecule has 0 heterocycles. The standard InChI is InChI=1S/C19H25N3O5S.C2HF3O2/c1-22(2,3)14-16(13-19(23)24)21-28(25,26)20-15-8-7-11-18(12-15)27-17-9-5-4-6-10-17;3-2(4,5)1(6)7/h4-12,16,20-21H,13-14H2,1-3H3;(H,6,7)/t16-;/m1./s1. The number of likely N-dealkylation sites (N-methyl/N-ethyl adjacent to an activating group) is 1. The fraction of sp³-hybridized carbons (Fsp3) is 0.333. The van der Waals surface area contributed by atoms with Crippen LogP contribution in [0.4, 0.5) is 18.9 Å². The first kappa shape index (κ1) is 29.7. The lowest BCUT2D eigenvalue weighted by Gasteiger charge is -2.29. The number of carboxylic acids is 2. The summed E-state index contributed by atoms with van der Waals surface area (Å²) < 4.78 is 67.5. The van der Waals surface area contributed by atoms with Crippen LogP contribution in [0.3, 0.4) is 0 Å². The predicted octanol–water partition coefficient (Wildman–Crippen LogP) is 1.57. The summed E-state index contributed by atoms with van der Waals surface area (Å²) in [6.07, 6.45) is -5.51. The minimum atomic E-state index is -5.19. The zero-order valence-corrected chi connectivity index (χ0v) is 19.9. The van der Waals surface area contributed by atoms with E-state index in [1.807, 2.05) is 39.3 Å². The summed E-state index contributed by atoms with van der Waals surface area (Å²) in [5.41, 5.74) is 0.306. The van der Waals surface area contributed by atoms with Crippen molar-refractivity contribution in [3.63, 3.8) is 0 Å². The lowest BCUT2D eigenvalue weighted by atomic mass is 10.2. The van der Waals surface area contributed by atoms with Gasteiger partial charge < -0.3 is 24.2 Å². The van der Waals surface area contributed by atoms with Gasteiger partial charge in [0.15, 0.2) is 0 Å². The molecule has 0 aliphatic heterocycles. The number of nitrogens with one attached hydrogen (secondary N) is 2. The fourth-order valence-corrected chi connectivity index (χ4v) is 3.76. The van der Waals surface area contributed by atoms with Gasteiger partial charge in [0.25, 0.3) is 10.2 Å². The Labute approximate surface area is 200 Å². The lowest BCUT2D eigenvalue weighted by molar-refractivity contribution is -0.871. The number of alkyl halides is 3. The molecule has 1 atom stereocenters. The monoisotopic (exact) mass is 521 g/mol. The van der Waals surface area contributed by atoms with Gasteiger partial charge in [-0.2, -0.15) is 26.3 Å². The van der Waals surface area contributed by atoms with Crippen molar-refractivity contribution in [1.82, 2.24) is 4.72 Å². The number of carboxylic acid groups (broad SMARTS) is 2. The molecule has 0 radical (unpaired) electrons. The minimum Gasteiger partial charge on any atom is -0.542 e. The first-order valence-electron chi connectivity index (χ1n) is 9.90. The average molecular weight is 522 g/mol. The summed E-state index contributed by atoms with van der Waals surface area (Å²) in [6, 6.07) is 14.9. The molecule has 0 bridgehead atoms. The van der Waals surface area contributed by atoms with E-state index >= 15 is 0 Å². The summed E-state index contributed by atoms with van der Waals surface area (Å²) in [7, 11) is 1.62. The third kappa shape index (κ3) is 13.2. The van der Waals surface area contributed by atoms with Crippen LogP contribution in [0.5, 0.6) is 11.5 Å². The molecule has 0 amide bonds. The van der Waals surface area contributed by atoms with E-state index in [1.54, 1.807) is 36.4 Å². The molecule has 0 saturated carbocycles. The second-order valence-electron chi connectivity index (χ2n) is 8.22. The van der Waals surface area contributed by atoms with Crippen LogP contribution in [-0.4, -0.2) is 69.9 Å². The van der Waals surface area contributed by atoms with Crippen LogP contribution in [0.2, 0.25) is 0 Å². The molecule has 10 nitrogen and oxygen atoms in total. The van der Waals surface area contributed by atoms with E-state index in [0.29, 0.717) is 28.2 Å². The minimum absolute atomic E-state index is 0.306. The highest BCUT2D eigenvalue weighted by atomic mass is 32.2. The third-order valence-corrected chi connectivity index (χ3v) is 4.96. The van der Waals surface area contributed by atoms with Crippen molar-refractivity contribution in [3.8, 4) is 11.5 Å². The number of para-hydroxylation sites is 1. The predicted molar refractivity (Wildman–Crippen MR) is 119 cm³/mol. The van der Waals surface area contributed by atoms with Crippen LogP contribution < -0.4 is 19.3 Å². The van der Waals surface area contributed by atoms with E-state index in [-0.39, 0.29) is 6.42 Å². The van der Waals surface area contributed by atoms with Gasteiger partial charge in [0.05, 0.1) is 45.8 Å². The maximum atomic E-state index is 12.5. The van der Waals surface area contributed by atoms with Crippen molar-refractivity contribution in [2.24, 2.45) is 0 Å². The van der Waals surface area contributed by atoms with E-state index in [9.17, 15) is 26.4 Å². The third-order valence-electron chi connectivity index (χ3n) is 3.81. The number of benzene rings is 2. The highest BCUT2D eigenvalue weighted by molar-refractivity contribution is 7.90. The number of quaternary nitrogens is 1. The number of hydrogen-bond donors (Lipinski definition) is 3. The van der Waals surface area contributed by atoms with Crippen LogP contribution in [0.15, 0.2) is 54.6 Å². The van der Waals surface area contributed by atoms with Gasteiger partial charge in [0.1, 0.15) is 17.5 Å². The fourth-order valence-electron chi connectivity index (χ4n) is 2.67. The second-order valence-corrected chi connectivity index (χ2v) is 9.67. The number of hydrogen-bond acceptors (Lipinski definition) is 6. The Kier molecular flexibility index (Phi) is 10.5. The Morgan fingerprint density at radius 1 is 1.06 bits per heavy atom. The van der Waals surface area contributed by atoms with Gasteiger partial charge in [-0.15, -0.1) is 0 Å². The maximum Gasteiger partial charge on any atom is 0.430 e. The van der Waals surface area contributed by atoms with Gasteiger partial charge in [0.2, 0.25) is 0 Å². The van der Waals surface area contributed by atoms with Crippen molar-refractivity contribution in [1.29, 1.82) is 0 Å². The molecule has 0 aromatic heterocycles. The normalized spacial score (nSPS) is 12.6. The van der Waals surface area contributed by atoms with E-state index in [4.69, 9.17) is 19.7 Å². The van der Waals surface area contributed by atoms with Crippen LogP contribution in [0, 0.1) is 0 Å². The maximum absolute atomic E-state index is 12.5. The summed E-state index contributed by atoms with van der Waals surface area (Å²) in [5.74, 6) is -2.98. The molecule has 2 aromatic rings. The molecule has 0 aliphatic carbocycles. The largest absolute Gasteiger partial charge is 0.542 e. The average Bonchev–Trinajstić information content (AvgIpc) is 2.66. The number of ether oxygens (including phenoxy) is 1. The molecule has 2 rings (SSSR count). The van der Waals surface area contributed by atoms with E-state index in [0.717, 1.165) is 0 Å². The summed E-state index contributed by atoms with van der Waals surface area (Å²) in [5, 5.41) is 17.8. The molecule has 35 heavy (non-hydrogen) atoms. The SMILES string of the molecule is C[N+](C)(C)C[C@@H](CC(=O)O)NS(=O)(=O)Nc1cccc(Oc2ccccc2)c1.O=C([O-])C(F)(F)F. The van der Waals surface area contributed by atoms with Crippen LogP contribution in [-0.2, 0) is 19.8 Å². The zero-order valence-electron chi connectivity index (χ0n) is 19.1. The number of anilines is 1. The van der Waals surface area contributed by atoms with Crippen LogP contribution in [0.25, 0.3) is 0 Å². The van der Waals surface area contributed by atoms with Crippen molar-refractivity contribution in [2.75, 3.05) is 32.4 Å². The molecule has 194 valence electrons. The first-order chi connectivity index (χ1) is 16.0. The second kappa shape index (κ2) is 12.4. The Morgan fingerprint density at radius 2 is 1.60 bits per heavy atom. The van der Waals surface area contributed by atoms with Gasteiger partial charge in [-0.1, -0.05) is 24.3 Å². The summed E-state index contributed by atoms with van der Waals surface area (Å²) >= 11 is 0. The summed E-state index contributed by atoms with van der Waals surface area (Å²) in [6.45, 7) is 0.324. The molecule has 0 fully saturated rings. The smallest absolute Gasteiger partial charge is 0.430 e. The Hall–Kier alpha value is -3.36. The number of halogens is 3. The first-order valence-corrected chi connectivity index (χ1v) is 11.4. The van der Waals surface area contributed by atoms with E-state index in [2.05, 4.69) is 9.44 Å². The van der Waals surface area contributed by atoms with E-state index in [1.165, 1.54) is 0 Å². The van der Waals surface area contributed by atoms with Gasteiger partial charge in [-0.25, -0.2) is 0 Å². The Morgan fingerprint density at radius 3 is 2.09 bits per heavy atom. The number of nitrogens with zero attached hydrogens (tertiary/aromatic N) is 1. The molecule has 3 N–H and O–H groups in total. The summed E-state index contributed by atoms with van der Waals surface area (Å²) in [4.78, 5) is 19.9. The molecular weight excluding hydrogens is 495 g/mol. The molecule has 14 heteroatoms. The van der Waals surface area contributed by atoms with Crippen molar-refractivity contribution in [2.45, 2.75) is 18.6 Å². The topological polar surface area (TPSA) is 145 Å². The number of carbonyl (C=O) groups is 2. The molecule has 0 saturated heterocycles. The molecule has 2 aromatic carbocycles. The molecular formula is C21H26F3N3O7S. The number of carbonyl (C=O) groups excluding carboxylic acids is 1. The Bertz CT molecular complexity index is 1090. The van der Waals surface area contributed by atoms with Crippen molar-refractivity contribution >= 4 is 27.8 Å². The highest BCUT2D eigenvalue weighted by Gasteiger charge is 2.29.